The van der Waals surface area contributed by atoms with Crippen molar-refractivity contribution in [1.29, 1.82) is 0 Å². The number of aryl methyl sites for hydroxylation is 2. The highest BCUT2D eigenvalue weighted by Crippen LogP contribution is 2.27. The number of nitrogens with one attached hydrogen (secondary N) is 2. The van der Waals surface area contributed by atoms with Crippen LogP contribution >= 0.6 is 0 Å². The number of amides is 2. The quantitative estimate of drug-likeness (QED) is 0.588. The zero-order chi connectivity index (χ0) is 22.5. The van der Waals surface area contributed by atoms with Crippen LogP contribution in [0.2, 0.25) is 0 Å². The van der Waals surface area contributed by atoms with Crippen LogP contribution in [-0.4, -0.2) is 39.6 Å². The molecule has 7 heteroatoms. The fraction of sp³-hybridized carbons (Fsp3) is 0.320. The van der Waals surface area contributed by atoms with E-state index in [2.05, 4.69) is 44.9 Å². The third-order valence-electron chi connectivity index (χ3n) is 5.96. The van der Waals surface area contributed by atoms with Gasteiger partial charge in [-0.1, -0.05) is 54.6 Å². The number of carbonyl (C=O) groups excluding carboxylic acids is 2. The summed E-state index contributed by atoms with van der Waals surface area (Å²) in [5.74, 6) is -0.743. The highest BCUT2D eigenvalue weighted by atomic mass is 16.2. The lowest BCUT2D eigenvalue weighted by Gasteiger charge is -2.18. The standard InChI is InChI=1S/C25H29N5O2/c1-18-8-6-7-11-21(18)15-26-24(31)25(32)28-23-19(2)14-27-30(23)22-12-13-29(17-22)16-20-9-4-3-5-10-20/h3-11,14,22H,12-13,15-17H2,1-2H3,(H,26,31)(H,28,32)/t22-/m1/s1. The molecule has 1 aromatic heterocycles. The summed E-state index contributed by atoms with van der Waals surface area (Å²) in [6.07, 6.45) is 2.68. The Bertz CT molecular complexity index is 1090. The van der Waals surface area contributed by atoms with E-state index in [4.69, 9.17) is 0 Å². The number of carbonyl (C=O) groups is 2. The van der Waals surface area contributed by atoms with Gasteiger partial charge in [-0.25, -0.2) is 4.68 Å². The Kier molecular flexibility index (Phi) is 6.66. The Morgan fingerprint density at radius 3 is 2.53 bits per heavy atom. The highest BCUT2D eigenvalue weighted by molar-refractivity contribution is 6.39. The molecule has 1 fully saturated rings. The molecule has 1 saturated heterocycles. The maximum atomic E-state index is 12.6. The average Bonchev–Trinajstić information content (AvgIpc) is 3.40. The molecule has 0 unspecified atom stereocenters. The number of nitrogens with zero attached hydrogens (tertiary/aromatic N) is 3. The monoisotopic (exact) mass is 431 g/mol. The van der Waals surface area contributed by atoms with E-state index in [1.807, 2.05) is 48.9 Å². The Hall–Kier alpha value is -3.45. The van der Waals surface area contributed by atoms with Crippen molar-refractivity contribution in [3.63, 3.8) is 0 Å². The van der Waals surface area contributed by atoms with Crippen LogP contribution in [0.5, 0.6) is 0 Å². The van der Waals surface area contributed by atoms with Gasteiger partial charge >= 0.3 is 11.8 Å². The Balaban J connectivity index is 1.37. The van der Waals surface area contributed by atoms with Crippen molar-refractivity contribution in [2.75, 3.05) is 18.4 Å². The number of anilines is 1. The van der Waals surface area contributed by atoms with Crippen molar-refractivity contribution in [2.45, 2.75) is 39.4 Å². The molecule has 0 saturated carbocycles. The van der Waals surface area contributed by atoms with Crippen LogP contribution in [-0.2, 0) is 22.7 Å². The van der Waals surface area contributed by atoms with Gasteiger partial charge in [-0.15, -0.1) is 0 Å². The van der Waals surface area contributed by atoms with Gasteiger partial charge in [0, 0.05) is 31.7 Å². The fourth-order valence-electron chi connectivity index (χ4n) is 4.11. The van der Waals surface area contributed by atoms with Crippen LogP contribution in [0, 0.1) is 13.8 Å². The second-order valence-electron chi connectivity index (χ2n) is 8.35. The minimum Gasteiger partial charge on any atom is -0.344 e. The summed E-state index contributed by atoms with van der Waals surface area (Å²) in [7, 11) is 0. The molecule has 0 spiro atoms. The van der Waals surface area contributed by atoms with E-state index in [-0.39, 0.29) is 6.04 Å². The van der Waals surface area contributed by atoms with Gasteiger partial charge < -0.3 is 10.6 Å². The zero-order valence-corrected chi connectivity index (χ0v) is 18.5. The number of hydrogen-bond donors (Lipinski definition) is 2. The summed E-state index contributed by atoms with van der Waals surface area (Å²) < 4.78 is 1.85. The van der Waals surface area contributed by atoms with Crippen molar-refractivity contribution in [3.8, 4) is 0 Å². The van der Waals surface area contributed by atoms with Crippen molar-refractivity contribution < 1.29 is 9.59 Å². The molecule has 166 valence electrons. The van der Waals surface area contributed by atoms with E-state index in [1.165, 1.54) is 5.56 Å². The first-order valence-corrected chi connectivity index (χ1v) is 11.0. The Morgan fingerprint density at radius 1 is 1.00 bits per heavy atom. The SMILES string of the molecule is Cc1ccccc1CNC(=O)C(=O)Nc1c(C)cnn1[C@@H]1CCN(Cc2ccccc2)C1. The molecule has 0 radical (unpaired) electrons. The normalized spacial score (nSPS) is 16.1. The minimum atomic E-state index is -0.678. The van der Waals surface area contributed by atoms with E-state index < -0.39 is 11.8 Å². The maximum absolute atomic E-state index is 12.6. The van der Waals surface area contributed by atoms with Crippen molar-refractivity contribution in [1.82, 2.24) is 20.0 Å². The molecule has 2 aromatic carbocycles. The second-order valence-corrected chi connectivity index (χ2v) is 8.35. The molecule has 4 rings (SSSR count). The Morgan fingerprint density at radius 2 is 1.75 bits per heavy atom. The fourth-order valence-corrected chi connectivity index (χ4v) is 4.11. The summed E-state index contributed by atoms with van der Waals surface area (Å²) in [5.41, 5.74) is 4.18. The lowest BCUT2D eigenvalue weighted by molar-refractivity contribution is -0.136. The first-order chi connectivity index (χ1) is 15.5. The summed E-state index contributed by atoms with van der Waals surface area (Å²) in [4.78, 5) is 27.3. The van der Waals surface area contributed by atoms with E-state index in [9.17, 15) is 9.59 Å². The van der Waals surface area contributed by atoms with Gasteiger partial charge in [0.25, 0.3) is 0 Å². The van der Waals surface area contributed by atoms with E-state index in [0.717, 1.165) is 42.7 Å². The van der Waals surface area contributed by atoms with Gasteiger partial charge in [0.2, 0.25) is 0 Å². The summed E-state index contributed by atoms with van der Waals surface area (Å²) in [6.45, 7) is 6.88. The van der Waals surface area contributed by atoms with E-state index in [0.29, 0.717) is 12.4 Å². The predicted octanol–water partition coefficient (Wildman–Crippen LogP) is 3.20. The third-order valence-corrected chi connectivity index (χ3v) is 5.96. The molecule has 0 aliphatic carbocycles. The molecular weight excluding hydrogens is 402 g/mol. The van der Waals surface area contributed by atoms with Crippen molar-refractivity contribution in [3.05, 3.63) is 83.0 Å². The summed E-state index contributed by atoms with van der Waals surface area (Å²) >= 11 is 0. The minimum absolute atomic E-state index is 0.151. The van der Waals surface area contributed by atoms with Crippen LogP contribution in [0.3, 0.4) is 0 Å². The van der Waals surface area contributed by atoms with Gasteiger partial charge in [-0.2, -0.15) is 5.10 Å². The molecular formula is C25H29N5O2. The molecule has 1 aliphatic rings. The van der Waals surface area contributed by atoms with Crippen LogP contribution in [0.1, 0.15) is 34.7 Å². The average molecular weight is 432 g/mol. The first-order valence-electron chi connectivity index (χ1n) is 11.0. The lowest BCUT2D eigenvalue weighted by atomic mass is 10.1. The van der Waals surface area contributed by atoms with Crippen LogP contribution in [0.4, 0.5) is 5.82 Å². The molecule has 0 bridgehead atoms. The summed E-state index contributed by atoms with van der Waals surface area (Å²) in [5, 5.41) is 9.99. The van der Waals surface area contributed by atoms with Gasteiger partial charge in [0.1, 0.15) is 5.82 Å². The zero-order valence-electron chi connectivity index (χ0n) is 18.5. The maximum Gasteiger partial charge on any atom is 0.314 e. The lowest BCUT2D eigenvalue weighted by Crippen LogP contribution is -2.36. The predicted molar refractivity (Wildman–Crippen MR) is 124 cm³/mol. The van der Waals surface area contributed by atoms with E-state index >= 15 is 0 Å². The van der Waals surface area contributed by atoms with Crippen LogP contribution in [0.25, 0.3) is 0 Å². The molecule has 7 nitrogen and oxygen atoms in total. The van der Waals surface area contributed by atoms with E-state index in [1.54, 1.807) is 6.20 Å². The topological polar surface area (TPSA) is 79.3 Å². The molecule has 2 heterocycles. The number of likely N-dealkylation sites (tertiary alicyclic amines) is 1. The number of aromatic nitrogens is 2. The largest absolute Gasteiger partial charge is 0.344 e. The molecule has 1 atom stereocenters. The molecule has 32 heavy (non-hydrogen) atoms. The van der Waals surface area contributed by atoms with Gasteiger partial charge in [0.05, 0.1) is 12.2 Å². The molecule has 1 aliphatic heterocycles. The smallest absolute Gasteiger partial charge is 0.314 e. The van der Waals surface area contributed by atoms with Gasteiger partial charge in [0.15, 0.2) is 0 Å². The molecule has 2 N–H and O–H groups in total. The number of rotatable bonds is 6. The van der Waals surface area contributed by atoms with Crippen molar-refractivity contribution in [2.24, 2.45) is 0 Å². The number of benzene rings is 2. The first kappa shape index (κ1) is 21.8. The van der Waals surface area contributed by atoms with Crippen LogP contribution < -0.4 is 10.6 Å². The van der Waals surface area contributed by atoms with Crippen molar-refractivity contribution >= 4 is 17.6 Å². The summed E-state index contributed by atoms with van der Waals surface area (Å²) in [6, 6.07) is 18.3. The molecule has 2 amide bonds. The van der Waals surface area contributed by atoms with Crippen LogP contribution in [0.15, 0.2) is 60.8 Å². The number of hydrogen-bond acceptors (Lipinski definition) is 4. The Labute approximate surface area is 188 Å². The second kappa shape index (κ2) is 9.78. The third kappa shape index (κ3) is 5.06. The highest BCUT2D eigenvalue weighted by Gasteiger charge is 2.28. The molecule has 3 aromatic rings. The van der Waals surface area contributed by atoms with Gasteiger partial charge in [-0.05, 0) is 37.0 Å². The van der Waals surface area contributed by atoms with Gasteiger partial charge in [-0.3, -0.25) is 14.5 Å².